The van der Waals surface area contributed by atoms with Gasteiger partial charge in [0.1, 0.15) is 47.3 Å². The van der Waals surface area contributed by atoms with Crippen LogP contribution in [0, 0.1) is 0 Å². The molecule has 0 bridgehead atoms. The zero-order valence-electron chi connectivity index (χ0n) is 60.3. The summed E-state index contributed by atoms with van der Waals surface area (Å²) in [4.78, 5) is 122. The quantitative estimate of drug-likeness (QED) is 0.0558. The summed E-state index contributed by atoms with van der Waals surface area (Å²) < 4.78 is 45.9. The van der Waals surface area contributed by atoms with E-state index in [9.17, 15) is 51.5 Å². The number of alkyl halides is 3. The summed E-state index contributed by atoms with van der Waals surface area (Å²) in [5.41, 5.74) is 4.45. The van der Waals surface area contributed by atoms with Gasteiger partial charge in [0, 0.05) is 136 Å². The first-order chi connectivity index (χ1) is 54.3. The van der Waals surface area contributed by atoms with Crippen LogP contribution in [0.4, 0.5) is 55.1 Å². The van der Waals surface area contributed by atoms with Crippen molar-refractivity contribution in [2.45, 2.75) is 99.3 Å². The number of carbonyl (C=O) groups excluding carboxylic acids is 8. The molecule has 4 spiro atoms. The van der Waals surface area contributed by atoms with Gasteiger partial charge in [-0.1, -0.05) is 81.1 Å². The maximum atomic E-state index is 13.2. The molecule has 8 saturated heterocycles. The van der Waals surface area contributed by atoms with Crippen LogP contribution in [-0.4, -0.2) is 210 Å². The maximum Gasteiger partial charge on any atom is 0.406 e. The monoisotopic (exact) mass is 1670 g/mol. The number of rotatable bonds is 11. The van der Waals surface area contributed by atoms with Crippen LogP contribution in [-0.2, 0) is 45.9 Å². The number of aromatic nitrogens is 11. The number of hydrogen-bond acceptors (Lipinski definition) is 19. The number of benzene rings is 5. The molecular weight excluding hydrogens is 1600 g/mol. The van der Waals surface area contributed by atoms with Crippen molar-refractivity contribution < 1.29 is 55.9 Å². The Labute approximate surface area is 663 Å². The standard InChI is InChI=1S/C21H20BrN5O2.C19H20ClN7O2.C18H17ClN6O3.C16H15ClF3N5O2/c22-15-10-17-16(12-23-25-17)18(11-15)26-8-6-21(7-9-26)19(28)27(20(29)24-21)13-14-4-2-1-3-5-14;1-25-7-4-21-16(25)11-27-17(28)19(23-18(27)29)2-5-26(6-3-19)15-9-12(20)8-14-13(15)10-22-24-14;19-11-7-13-12(9-21-23-13)14(8-11)24-4-1-18(2-5-24)16(26)25(17(27)22-18)10-15-20-3-6-28-15;17-9-5-11-10(7-21-23-11)12(6-9)24-3-1-15(2-4-24)13(26)25(14(27)22-15)8-16(18,19)20/h1-5,10-12H,6-9,13H2,(H,23,25)(H,24,29);4,7-10H,2-3,5-6,11H2,1H3,(H,22,24)(H,23,29);3,6-9H,1-2,4-5,10H2,(H,21,23)(H,22,27);5-7H,1-4,8H2,(H,21,23)(H,22,27). The molecule has 0 unspecified atom stereocenters. The second-order valence-corrected chi connectivity index (χ2v) is 31.3. The number of carbonyl (C=O) groups is 8. The summed E-state index contributed by atoms with van der Waals surface area (Å²) in [5, 5.41) is 45.0. The molecule has 0 saturated carbocycles. The Bertz CT molecular complexity index is 5530. The number of halogens is 7. The SMILES string of the molecule is Cn1ccnc1CN1C(=O)NC2(CCN(c3cc(Cl)cc4[nH]ncc34)CC2)C1=O.O=C1NC2(CCN(c3cc(Br)cc4[nH]ncc34)CC2)C(=O)N1Cc1ccccc1.O=C1NC2(CCN(c3cc(Cl)cc4[nH]ncc34)CC2)C(=O)N1CC(F)(F)F.O=C1NC2(CCN(c3cc(Cl)cc4[nH]ncc34)CC2)C(=O)N1Cc1ncco1. The third kappa shape index (κ3) is 14.6. The van der Waals surface area contributed by atoms with Gasteiger partial charge in [-0.15, -0.1) is 0 Å². The third-order valence-electron chi connectivity index (χ3n) is 22.3. The summed E-state index contributed by atoms with van der Waals surface area (Å²) in [7, 11) is 1.84. The van der Waals surface area contributed by atoms with E-state index in [1.807, 2.05) is 83.4 Å². The van der Waals surface area contributed by atoms with Crippen molar-refractivity contribution in [1.82, 2.24) is 96.2 Å². The predicted octanol–water partition coefficient (Wildman–Crippen LogP) is 10.4. The van der Waals surface area contributed by atoms with E-state index in [1.165, 1.54) is 27.2 Å². The highest BCUT2D eigenvalue weighted by Gasteiger charge is 2.57. The number of fused-ring (bicyclic) bond motifs is 4. The van der Waals surface area contributed by atoms with Crippen LogP contribution in [0.2, 0.25) is 15.1 Å². The highest BCUT2D eigenvalue weighted by Crippen LogP contribution is 2.42. The van der Waals surface area contributed by atoms with Crippen molar-refractivity contribution in [2.24, 2.45) is 7.05 Å². The Kier molecular flexibility index (Phi) is 20.0. The summed E-state index contributed by atoms with van der Waals surface area (Å²) in [6.45, 7) is 3.54. The van der Waals surface area contributed by atoms with Gasteiger partial charge in [-0.05, 0) is 105 Å². The van der Waals surface area contributed by atoms with Crippen molar-refractivity contribution >= 4 is 165 Å². The minimum Gasteiger partial charge on any atom is -0.447 e. The second-order valence-electron chi connectivity index (χ2n) is 29.1. The molecule has 6 aromatic heterocycles. The Morgan fingerprint density at radius 3 is 1.17 bits per heavy atom. The molecule has 19 rings (SSSR count). The van der Waals surface area contributed by atoms with E-state index in [1.54, 1.807) is 43.1 Å². The van der Waals surface area contributed by atoms with E-state index >= 15 is 0 Å². The van der Waals surface area contributed by atoms with Gasteiger partial charge in [-0.3, -0.25) is 59.2 Å². The van der Waals surface area contributed by atoms with Gasteiger partial charge < -0.3 is 49.9 Å². The smallest absolute Gasteiger partial charge is 0.406 e. The van der Waals surface area contributed by atoms with Crippen LogP contribution in [0.1, 0.15) is 68.6 Å². The molecule has 5 aromatic carbocycles. The summed E-state index contributed by atoms with van der Waals surface area (Å²) in [6, 6.07) is 22.6. The number of amides is 12. The van der Waals surface area contributed by atoms with Gasteiger partial charge in [0.05, 0.1) is 66.1 Å². The van der Waals surface area contributed by atoms with Crippen molar-refractivity contribution in [3.63, 3.8) is 0 Å². The van der Waals surface area contributed by atoms with Crippen molar-refractivity contribution in [3.8, 4) is 0 Å². The van der Waals surface area contributed by atoms with Crippen LogP contribution in [0.3, 0.4) is 0 Å². The highest BCUT2D eigenvalue weighted by molar-refractivity contribution is 9.10. The first-order valence-corrected chi connectivity index (χ1v) is 38.2. The highest BCUT2D eigenvalue weighted by atomic mass is 79.9. The van der Waals surface area contributed by atoms with Gasteiger partial charge in [-0.25, -0.2) is 29.1 Å². The number of hydrogen-bond donors (Lipinski definition) is 8. The van der Waals surface area contributed by atoms with Crippen LogP contribution in [0.25, 0.3) is 43.6 Å². The van der Waals surface area contributed by atoms with E-state index < -0.39 is 52.8 Å². The normalized spacial score (nSPS) is 19.1. The van der Waals surface area contributed by atoms with Crippen LogP contribution in [0.15, 0.2) is 137 Å². The van der Waals surface area contributed by atoms with Crippen molar-refractivity contribution in [2.75, 3.05) is 78.5 Å². The number of aromatic amines is 4. The average Bonchev–Trinajstić information content (AvgIpc) is 1.64. The van der Waals surface area contributed by atoms with Crippen molar-refractivity contribution in [1.29, 1.82) is 0 Å². The molecule has 8 aliphatic rings. The Morgan fingerprint density at radius 2 is 0.805 bits per heavy atom. The predicted molar refractivity (Wildman–Crippen MR) is 414 cm³/mol. The lowest BCUT2D eigenvalue weighted by Crippen LogP contribution is -2.55. The van der Waals surface area contributed by atoms with Crippen LogP contribution >= 0.6 is 50.7 Å². The lowest BCUT2D eigenvalue weighted by Gasteiger charge is -2.38. The molecule has 8 aliphatic heterocycles. The number of anilines is 4. The molecule has 32 nitrogen and oxygen atoms in total. The number of nitrogens with zero attached hydrogens (tertiary/aromatic N) is 15. The van der Waals surface area contributed by atoms with Gasteiger partial charge in [0.2, 0.25) is 5.89 Å². The molecule has 113 heavy (non-hydrogen) atoms. The average molecular weight is 1670 g/mol. The van der Waals surface area contributed by atoms with Crippen molar-refractivity contribution in [3.05, 3.63) is 165 Å². The molecule has 12 amide bonds. The Morgan fingerprint density at radius 1 is 0.451 bits per heavy atom. The van der Waals surface area contributed by atoms with E-state index in [0.717, 1.165) is 76.4 Å². The summed E-state index contributed by atoms with van der Waals surface area (Å²) >= 11 is 22.2. The molecule has 39 heteroatoms. The van der Waals surface area contributed by atoms with E-state index in [0.29, 0.717) is 124 Å². The molecule has 14 heterocycles. The number of H-pyrrole nitrogens is 4. The number of aryl methyl sites for hydroxylation is 1. The Balaban J connectivity index is 0.000000114. The number of imide groups is 4. The lowest BCUT2D eigenvalue weighted by atomic mass is 9.87. The second kappa shape index (κ2) is 29.9. The van der Waals surface area contributed by atoms with E-state index in [4.69, 9.17) is 39.2 Å². The minimum absolute atomic E-state index is 0.0348. The minimum atomic E-state index is -4.63. The lowest BCUT2D eigenvalue weighted by molar-refractivity contribution is -0.155. The fraction of sp³-hybridized carbons (Fsp3) is 0.351. The number of nitrogens with one attached hydrogen (secondary N) is 8. The fourth-order valence-corrected chi connectivity index (χ4v) is 17.4. The molecule has 0 atom stereocenters. The molecular formula is C74H72BrCl3F3N23O9. The van der Waals surface area contributed by atoms with Gasteiger partial charge in [0.25, 0.3) is 23.6 Å². The molecule has 8 fully saturated rings. The summed E-state index contributed by atoms with van der Waals surface area (Å²) in [6.07, 6.45) is 12.4. The number of imidazole rings is 1. The fourth-order valence-electron chi connectivity index (χ4n) is 16.3. The maximum absolute atomic E-state index is 13.2. The molecule has 586 valence electrons. The summed E-state index contributed by atoms with van der Waals surface area (Å²) in [5.74, 6) is -0.333. The number of piperidine rings is 4. The Hall–Kier alpha value is -11.5. The van der Waals surface area contributed by atoms with Gasteiger partial charge in [-0.2, -0.15) is 33.6 Å². The molecule has 8 N–H and O–H groups in total. The molecule has 11 aromatic rings. The van der Waals surface area contributed by atoms with Crippen LogP contribution in [0.5, 0.6) is 0 Å². The van der Waals surface area contributed by atoms with E-state index in [-0.39, 0.29) is 60.6 Å². The first kappa shape index (κ1) is 75.5. The zero-order chi connectivity index (χ0) is 78.9. The first-order valence-electron chi connectivity index (χ1n) is 36.3. The molecule has 0 radical (unpaired) electrons. The topological polar surface area (TPSA) is 369 Å². The number of urea groups is 4. The zero-order valence-corrected chi connectivity index (χ0v) is 64.1. The van der Waals surface area contributed by atoms with E-state index in [2.05, 4.69) is 109 Å². The number of oxazole rings is 1. The van der Waals surface area contributed by atoms with Gasteiger partial charge in [0.15, 0.2) is 0 Å². The van der Waals surface area contributed by atoms with Crippen LogP contribution < -0.4 is 40.9 Å². The largest absolute Gasteiger partial charge is 0.447 e. The van der Waals surface area contributed by atoms with Gasteiger partial charge >= 0.3 is 30.3 Å². The molecule has 0 aliphatic carbocycles. The third-order valence-corrected chi connectivity index (χ3v) is 23.5.